The first-order valence-corrected chi connectivity index (χ1v) is 35.0. The number of hydrogen-bond acceptors (Lipinski definition) is 15. The normalized spacial score (nSPS) is 17.9. The van der Waals surface area contributed by atoms with Crippen molar-refractivity contribution in [3.63, 3.8) is 0 Å². The Hall–Kier alpha value is -6.84. The number of nitrogens with one attached hydrogen (secondary N) is 4. The van der Waals surface area contributed by atoms with Gasteiger partial charge in [0, 0.05) is 72.6 Å². The molecule has 6 aromatic rings. The number of rotatable bonds is 28. The van der Waals surface area contributed by atoms with Crippen LogP contribution in [0.1, 0.15) is 142 Å². The van der Waals surface area contributed by atoms with Crippen LogP contribution in [-0.2, 0) is 43.7 Å². The Morgan fingerprint density at radius 3 is 2.08 bits per heavy atom. The molecule has 502 valence electrons. The van der Waals surface area contributed by atoms with Gasteiger partial charge in [0.15, 0.2) is 0 Å². The Morgan fingerprint density at radius 2 is 1.47 bits per heavy atom. The highest BCUT2D eigenvalue weighted by molar-refractivity contribution is 9.10. The second kappa shape index (κ2) is 31.1. The van der Waals surface area contributed by atoms with E-state index in [1.54, 1.807) is 70.6 Å². The number of aliphatic hydroxyl groups excluding tert-OH is 1. The lowest BCUT2D eigenvalue weighted by atomic mass is 9.85. The minimum Gasteiger partial charge on any atom is -0.391 e. The standard InChI is InChI=1S/C65H81BrF2N9O13PS2/c1-37(2)56(51-27-38(3)74-90-51)62(84)76-33-46(78)30-49(76)59(81)72-48(40-15-17-41(18-16-40)57-39(4)71-36-92-57)32-54(79)69-25-13-11-9-10-12-14-26-70-55(80)35-89-47-31-50(61(83)75(8)45-22-20-44(66)21-23-45)77(34-47)63(85)58(64(5,6)7)73-60(82)53-29-42-28-43(19-24-52(42)93-53)65(67,68)91(86,87)88/h15-24,27-29,36-37,46-50,56,58,78H,9-14,25-26,30-35H2,1-8H3,(H,69,79)(H,70,80)(H,72,81)(H,73,82)(H2,86,87,88)/t46-,47-,48+,49+,50+,56-,58-/m1/s1. The van der Waals surface area contributed by atoms with Gasteiger partial charge in [-0.2, -0.15) is 8.78 Å². The third-order valence-corrected chi connectivity index (χ3v) is 20.3. The molecule has 2 fully saturated rings. The van der Waals surface area contributed by atoms with Crippen LogP contribution in [0.15, 0.2) is 93.4 Å². The number of aliphatic hydroxyl groups is 1. The maximum Gasteiger partial charge on any atom is 0.399 e. The number of fused-ring (bicyclic) bond motifs is 1. The van der Waals surface area contributed by atoms with Crippen LogP contribution in [0, 0.1) is 25.2 Å². The number of unbranched alkanes of at least 4 members (excludes halogenated alkanes) is 5. The molecule has 2 aliphatic heterocycles. The van der Waals surface area contributed by atoms with E-state index in [9.17, 15) is 61.8 Å². The van der Waals surface area contributed by atoms with Gasteiger partial charge in [0.2, 0.25) is 35.4 Å². The van der Waals surface area contributed by atoms with Gasteiger partial charge in [0.05, 0.1) is 51.3 Å². The number of thiophene rings is 1. The van der Waals surface area contributed by atoms with E-state index in [4.69, 9.17) is 9.26 Å². The number of halogens is 3. The molecule has 0 spiro atoms. The number of aromatic nitrogens is 2. The number of nitrogens with zero attached hydrogens (tertiary/aromatic N) is 5. The number of amides is 7. The van der Waals surface area contributed by atoms with Crippen LogP contribution < -0.4 is 26.2 Å². The van der Waals surface area contributed by atoms with Crippen molar-refractivity contribution < 1.29 is 71.1 Å². The first kappa shape index (κ1) is 72.0. The van der Waals surface area contributed by atoms with Gasteiger partial charge in [-0.25, -0.2) is 4.98 Å². The van der Waals surface area contributed by atoms with Crippen LogP contribution in [0.25, 0.3) is 20.5 Å². The van der Waals surface area contributed by atoms with Crippen LogP contribution in [0.5, 0.6) is 0 Å². The summed E-state index contributed by atoms with van der Waals surface area (Å²) in [5.74, 6) is -3.80. The number of carbonyl (C=O) groups is 7. The average Bonchev–Trinajstić information content (AvgIpc) is 1.70. The molecule has 8 rings (SSSR count). The summed E-state index contributed by atoms with van der Waals surface area (Å²) >= 11 is 5.86. The minimum atomic E-state index is -5.86. The van der Waals surface area contributed by atoms with Crippen molar-refractivity contribution in [2.75, 3.05) is 44.7 Å². The summed E-state index contributed by atoms with van der Waals surface area (Å²) in [4.78, 5) is 126. The van der Waals surface area contributed by atoms with Gasteiger partial charge in [0.25, 0.3) is 5.91 Å². The second-order valence-electron chi connectivity index (χ2n) is 25.2. The lowest BCUT2D eigenvalue weighted by molar-refractivity contribution is -0.141. The van der Waals surface area contributed by atoms with Crippen LogP contribution >= 0.6 is 46.2 Å². The van der Waals surface area contributed by atoms with Crippen molar-refractivity contribution in [3.05, 3.63) is 122 Å². The molecule has 22 nitrogen and oxygen atoms in total. The molecule has 28 heteroatoms. The van der Waals surface area contributed by atoms with Gasteiger partial charge in [0.1, 0.15) is 36.4 Å². The topological polar surface area (TPSA) is 303 Å². The number of aryl methyl sites for hydroxylation is 2. The summed E-state index contributed by atoms with van der Waals surface area (Å²) in [6.45, 7) is 12.9. The molecule has 7 atom stereocenters. The van der Waals surface area contributed by atoms with Crippen LogP contribution in [-0.4, -0.2) is 146 Å². The van der Waals surface area contributed by atoms with Gasteiger partial charge in [-0.05, 0) is 97.0 Å². The third-order valence-electron chi connectivity index (χ3n) is 16.7. The number of anilines is 1. The molecule has 2 aliphatic rings. The quantitative estimate of drug-likeness (QED) is 0.0178. The zero-order chi connectivity index (χ0) is 67.7. The lowest BCUT2D eigenvalue weighted by Crippen LogP contribution is -2.57. The predicted molar refractivity (Wildman–Crippen MR) is 352 cm³/mol. The average molecular weight is 1410 g/mol. The molecule has 7 amide bonds. The molecule has 0 aliphatic carbocycles. The highest BCUT2D eigenvalue weighted by Crippen LogP contribution is 2.59. The lowest BCUT2D eigenvalue weighted by Gasteiger charge is -2.36. The fourth-order valence-corrected chi connectivity index (χ4v) is 14.1. The van der Waals surface area contributed by atoms with E-state index in [2.05, 4.69) is 47.3 Å². The van der Waals surface area contributed by atoms with Gasteiger partial charge in [-0.3, -0.25) is 38.1 Å². The molecular weight excluding hydrogens is 1330 g/mol. The van der Waals surface area contributed by atoms with E-state index >= 15 is 0 Å². The molecule has 93 heavy (non-hydrogen) atoms. The van der Waals surface area contributed by atoms with Crippen LogP contribution in [0.2, 0.25) is 0 Å². The summed E-state index contributed by atoms with van der Waals surface area (Å²) in [7, 11) is -4.29. The Bertz CT molecular complexity index is 3690. The van der Waals surface area contributed by atoms with Crippen molar-refractivity contribution in [1.29, 1.82) is 0 Å². The van der Waals surface area contributed by atoms with Crippen molar-refractivity contribution in [3.8, 4) is 10.4 Å². The number of β-amino-alcohol motifs (C(OH)–C–C–N with tert-alkyl or cyclic N) is 1. The summed E-state index contributed by atoms with van der Waals surface area (Å²) < 4.78 is 53.6. The summed E-state index contributed by atoms with van der Waals surface area (Å²) in [5.41, 5.74) is -0.877. The van der Waals surface area contributed by atoms with E-state index in [1.165, 1.54) is 38.2 Å². The smallest absolute Gasteiger partial charge is 0.391 e. The largest absolute Gasteiger partial charge is 0.399 e. The zero-order valence-corrected chi connectivity index (χ0v) is 57.3. The first-order chi connectivity index (χ1) is 43.9. The van der Waals surface area contributed by atoms with E-state index in [0.29, 0.717) is 53.3 Å². The van der Waals surface area contributed by atoms with E-state index < -0.39 is 90.2 Å². The molecule has 2 saturated heterocycles. The predicted octanol–water partition coefficient (Wildman–Crippen LogP) is 9.63. The fourth-order valence-electron chi connectivity index (χ4n) is 11.6. The van der Waals surface area contributed by atoms with Gasteiger partial charge >= 0.3 is 13.3 Å². The number of likely N-dealkylation sites (tertiary alicyclic amines) is 2. The number of likely N-dealkylation sites (N-methyl/N-ethyl adjacent to an activating group) is 1. The Balaban J connectivity index is 0.798. The Labute approximate surface area is 555 Å². The van der Waals surface area contributed by atoms with Crippen molar-refractivity contribution >= 4 is 103 Å². The van der Waals surface area contributed by atoms with Crippen molar-refractivity contribution in [1.82, 2.24) is 41.2 Å². The third kappa shape index (κ3) is 18.1. The van der Waals surface area contributed by atoms with Gasteiger partial charge in [-0.15, -0.1) is 22.7 Å². The molecular formula is C65H81BrF2N9O13PS2. The van der Waals surface area contributed by atoms with E-state index in [1.807, 2.05) is 45.0 Å². The molecule has 5 heterocycles. The zero-order valence-electron chi connectivity index (χ0n) is 53.2. The SMILES string of the molecule is Cc1cc([C@H](C(=O)N2C[C@H](O)C[C@H]2C(=O)N[C@@H](CC(=O)NCCCCCCCCNC(=O)CO[C@@H]2C[C@@H](C(=O)N(C)c3ccc(Br)cc3)N(C(=O)[C@@H](NC(=O)c3cc4cc(C(F)(F)P(=O)(O)O)ccc4s3)C(C)(C)C)C2)c2ccc(-c3scnc3C)cc2)C(C)C)on1. The fraction of sp³-hybridized carbons (Fsp3) is 0.492. The maximum atomic E-state index is 14.8. The second-order valence-corrected chi connectivity index (χ2v) is 29.7. The first-order valence-electron chi connectivity index (χ1n) is 30.9. The number of carbonyl (C=O) groups excluding carboxylic acids is 7. The molecule has 3 aromatic heterocycles. The van der Waals surface area contributed by atoms with Gasteiger partial charge in [-0.1, -0.05) is 112 Å². The van der Waals surface area contributed by atoms with Crippen molar-refractivity contribution in [2.45, 2.75) is 154 Å². The monoisotopic (exact) mass is 1410 g/mol. The Morgan fingerprint density at radius 1 is 0.828 bits per heavy atom. The Kier molecular flexibility index (Phi) is 24.1. The highest BCUT2D eigenvalue weighted by Gasteiger charge is 2.51. The molecule has 0 radical (unpaired) electrons. The molecule has 0 bridgehead atoms. The van der Waals surface area contributed by atoms with Crippen molar-refractivity contribution in [2.24, 2.45) is 11.3 Å². The van der Waals surface area contributed by atoms with Crippen LogP contribution in [0.3, 0.4) is 0 Å². The molecule has 0 saturated carbocycles. The summed E-state index contributed by atoms with van der Waals surface area (Å²) in [6, 6.07) is 16.6. The van der Waals surface area contributed by atoms with E-state index in [-0.39, 0.29) is 72.9 Å². The highest BCUT2D eigenvalue weighted by atomic mass is 79.9. The van der Waals surface area contributed by atoms with Crippen LogP contribution in [0.4, 0.5) is 14.5 Å². The number of alkyl halides is 2. The maximum absolute atomic E-state index is 14.8. The van der Waals surface area contributed by atoms with E-state index in [0.717, 1.165) is 69.8 Å². The minimum absolute atomic E-state index is 0.0271. The van der Waals surface area contributed by atoms with Gasteiger partial charge < -0.3 is 60.1 Å². The molecule has 7 N–H and O–H groups in total. The number of thiazole rings is 1. The summed E-state index contributed by atoms with van der Waals surface area (Å²) in [6.07, 6.45) is 3.09. The summed E-state index contributed by atoms with van der Waals surface area (Å²) in [5, 5.41) is 26.6. The number of ether oxygens (including phenoxy) is 1. The molecule has 3 aromatic carbocycles. The number of benzene rings is 3. The molecule has 0 unspecified atom stereocenters. The number of hydrogen-bond donors (Lipinski definition) is 7.